The van der Waals surface area contributed by atoms with Crippen LogP contribution in [0.2, 0.25) is 236 Å². The molecule has 2 aliphatic heterocycles. The SMILES string of the molecule is C(=NCc1ccccn1)c1ccccn1.CCOCC.C[Si](C)(C)[N-][Si](C)(C)C.C[Si](C)(C)[N-][Si](C)(C)C.C[Si](C)(C)[N-][Si](C)(C)C.C[Si](C)(C)[N-][Si](C)(C)C.C[Si](C)(C)[N-][Si](C)(C)C.C[Si](C)(C)[N-][Si](C)(C)C.[CH-]1CCCO1.[Fe+2].[Fe+2].[Fe+2].[Fe+2].[Fe+3].c1ccc(C2[N-]C(c3ccccn3)[C@H](c3ccccn3)[N-][C@@H]2c2ccccn2)nc1.c1ccc(C[N-]Cc2ccccn2)nc1.c1ccc(C[N-]Cc2ccccn2)nc1. The van der Waals surface area contributed by atoms with Crippen LogP contribution in [0, 0.1) is 6.61 Å². The van der Waals surface area contributed by atoms with Gasteiger partial charge in [-0.25, -0.2) is 6.61 Å². The summed E-state index contributed by atoms with van der Waals surface area (Å²) in [5, 5.41) is 19.3. The van der Waals surface area contributed by atoms with Gasteiger partial charge >= 0.3 is 85.3 Å². The van der Waals surface area contributed by atoms with Crippen LogP contribution in [0.4, 0.5) is 0 Å². The Kier molecular flexibility index (Phi) is 79.6. The molecule has 2 fully saturated rings. The number of aliphatic imine (C=N–C) groups is 1. The Morgan fingerprint density at radius 1 is 0.292 bits per heavy atom. The van der Waals surface area contributed by atoms with Crippen molar-refractivity contribution in [2.24, 2.45) is 4.99 Å². The van der Waals surface area contributed by atoms with Gasteiger partial charge in [0.15, 0.2) is 0 Å². The van der Waals surface area contributed by atoms with Gasteiger partial charge in [0.05, 0.1) is 17.9 Å². The van der Waals surface area contributed by atoms with E-state index in [0.29, 0.717) is 32.7 Å². The molecule has 0 bridgehead atoms. The van der Waals surface area contributed by atoms with E-state index in [-0.39, 0.29) is 110 Å². The number of nitrogens with zero attached hydrogens (tertiary/aromatic N) is 21. The summed E-state index contributed by atoms with van der Waals surface area (Å²) in [5.74, 6) is 0. The zero-order valence-electron chi connectivity index (χ0n) is 94.6. The summed E-state index contributed by atoms with van der Waals surface area (Å²) >= 11 is 0. The first-order chi connectivity index (χ1) is 64.4. The number of hydrogen-bond donors (Lipinski definition) is 0. The van der Waals surface area contributed by atoms with E-state index in [1.807, 2.05) is 202 Å². The Labute approximate surface area is 941 Å². The topological polar surface area (TPSA) is 301 Å². The summed E-state index contributed by atoms with van der Waals surface area (Å²) in [6, 6.07) is 57.5. The fraction of sp³-hybridized carbons (Fsp3) is 0.500. The first kappa shape index (κ1) is 148. The molecule has 10 aromatic rings. The molecule has 4 atom stereocenters. The standard InChI is InChI=1S/C24H20N6.2C12H12N3.C12H11N3.6C6H18NSi2.C4H7O.C4H10O.5Fe/c1-5-13-25-17(9-1)21-22(18-10-2-6-14-26-18)30-24(20-12-4-8-16-28-20)23(29-21)19-11-3-7-15-27-19;3*1-3-7-14-11(5-1)9-13-10-12-6-2-4-8-15-12;6*1-8(2,3)7-9(4,5)6;1-2-4-5-3-1;1-3-5-4-2;;;;;/h1-16,21-24H;2*1-8H,9-10H2;1-9H,10H2;6*1-6H3;3H,1-2,4H2;3-4H2,1-2H3;;;;;/q-2;2*-1;;7*-1;;4*+2;+3/t21-,22?,23+,24?;;;;;;;;;;;;;;;;. The number of pyridine rings is 10. The molecule has 801 valence electrons. The number of piperazine rings is 1. The maximum atomic E-state index is 5.24. The minimum atomic E-state index is -1.11. The normalized spacial score (nSPS) is 14.5. The molecule has 12 heterocycles. The molecular formula is C104H180Fe5N21O2Si12. The van der Waals surface area contributed by atoms with Crippen LogP contribution in [0.1, 0.15) is 108 Å². The molecule has 23 nitrogen and oxygen atoms in total. The van der Waals surface area contributed by atoms with Crippen LogP contribution in [0.15, 0.2) is 249 Å². The van der Waals surface area contributed by atoms with Crippen molar-refractivity contribution in [3.05, 3.63) is 357 Å². The fourth-order valence-corrected chi connectivity index (χ4v) is 62.5. The summed E-state index contributed by atoms with van der Waals surface area (Å²) < 4.78 is 38.6. The monoisotopic (exact) mass is 2370 g/mol. The first-order valence-electron chi connectivity index (χ1n) is 49.1. The van der Waals surface area contributed by atoms with Gasteiger partial charge < -0.3 is 58.6 Å². The van der Waals surface area contributed by atoms with Crippen LogP contribution in [0.3, 0.4) is 0 Å². The van der Waals surface area contributed by atoms with Crippen LogP contribution in [0.25, 0.3) is 49.2 Å². The van der Waals surface area contributed by atoms with Crippen molar-refractivity contribution in [2.75, 3.05) is 19.8 Å². The predicted molar refractivity (Wildman–Crippen MR) is 635 cm³/mol. The van der Waals surface area contributed by atoms with Gasteiger partial charge in [0.25, 0.3) is 0 Å². The average Bonchev–Trinajstić information content (AvgIpc) is 0.843. The summed E-state index contributed by atoms with van der Waals surface area (Å²) in [7, 11) is -13.3. The molecule has 0 aliphatic carbocycles. The van der Waals surface area contributed by atoms with Crippen molar-refractivity contribution < 1.29 is 94.8 Å². The van der Waals surface area contributed by atoms with Crippen molar-refractivity contribution in [3.8, 4) is 0 Å². The van der Waals surface area contributed by atoms with Gasteiger partial charge in [0.2, 0.25) is 0 Å². The summed E-state index contributed by atoms with van der Waals surface area (Å²) in [5.41, 5.74) is 9.30. The van der Waals surface area contributed by atoms with Crippen LogP contribution < -0.4 is 0 Å². The van der Waals surface area contributed by atoms with Crippen molar-refractivity contribution in [1.82, 2.24) is 49.8 Å². The minimum Gasteiger partial charge on any atom is -0.668 e. The number of ether oxygens (including phenoxy) is 2. The van der Waals surface area contributed by atoms with E-state index in [4.69, 9.17) is 48.0 Å². The fourth-order valence-electron chi connectivity index (χ4n) is 14.2. The van der Waals surface area contributed by atoms with E-state index in [1.54, 1.807) is 68.2 Å². The second-order valence-corrected chi connectivity index (χ2v) is 103. The molecule has 0 aromatic carbocycles. The van der Waals surface area contributed by atoms with Crippen molar-refractivity contribution in [2.45, 2.75) is 319 Å². The van der Waals surface area contributed by atoms with Gasteiger partial charge in [-0.05, 0) is 135 Å². The first-order valence-corrected chi connectivity index (χ1v) is 90.4. The molecule has 0 N–H and O–H groups in total. The Morgan fingerprint density at radius 3 is 0.632 bits per heavy atom. The molecular weight excluding hydrogens is 2190 g/mol. The smallest absolute Gasteiger partial charge is 0.668 e. The number of hydrogen-bond acceptors (Lipinski definition) is 13. The van der Waals surface area contributed by atoms with Gasteiger partial charge in [-0.1, -0.05) is 402 Å². The maximum Gasteiger partial charge on any atom is 3.00 e. The van der Waals surface area contributed by atoms with E-state index in [1.165, 1.54) is 6.42 Å². The molecule has 144 heavy (non-hydrogen) atoms. The van der Waals surface area contributed by atoms with E-state index in [2.05, 4.69) is 301 Å². The van der Waals surface area contributed by atoms with Crippen LogP contribution >= 0.6 is 0 Å². The predicted octanol–water partition coefficient (Wildman–Crippen LogP) is 32.7. The van der Waals surface area contributed by atoms with Crippen molar-refractivity contribution in [3.63, 3.8) is 0 Å². The molecule has 2 unspecified atom stereocenters. The van der Waals surface area contributed by atoms with Crippen LogP contribution in [0.5, 0.6) is 0 Å². The van der Waals surface area contributed by atoms with E-state index < -0.39 is 98.8 Å². The Morgan fingerprint density at radius 2 is 0.493 bits per heavy atom. The third kappa shape index (κ3) is 90.6. The van der Waals surface area contributed by atoms with Crippen molar-refractivity contribution >= 4 is 105 Å². The third-order valence-corrected chi connectivity index (χ3v) is 48.4. The van der Waals surface area contributed by atoms with E-state index in [0.717, 1.165) is 83.2 Å². The molecule has 40 heteroatoms. The summed E-state index contributed by atoms with van der Waals surface area (Å²) in [6.07, 6.45) is 22.0. The second-order valence-electron chi connectivity index (χ2n) is 45.2. The molecule has 0 spiro atoms. The molecule has 2 saturated heterocycles. The zero-order chi connectivity index (χ0) is 105. The molecule has 0 amide bonds. The quantitative estimate of drug-likeness (QED) is 0.0240. The maximum absolute atomic E-state index is 5.24. The number of aromatic nitrogens is 10. The van der Waals surface area contributed by atoms with E-state index in [9.17, 15) is 0 Å². The van der Waals surface area contributed by atoms with Gasteiger partial charge in [0.1, 0.15) is 0 Å². The molecule has 0 saturated carbocycles. The Hall–Kier alpha value is -4.11. The molecule has 2 aliphatic rings. The Bertz CT molecular complexity index is 4090. The van der Waals surface area contributed by atoms with Gasteiger partial charge in [-0.15, -0.1) is 50.3 Å². The average molecular weight is 2370 g/mol. The summed E-state index contributed by atoms with van der Waals surface area (Å²) in [6.45, 7) is 94.4. The molecule has 12 rings (SSSR count). The molecule has 1 radical (unpaired) electrons. The van der Waals surface area contributed by atoms with Gasteiger partial charge in [-0.3, -0.25) is 54.8 Å². The Balaban J connectivity index is -0.000000505. The third-order valence-electron chi connectivity index (χ3n) is 16.2. The second kappa shape index (κ2) is 77.3. The molecule has 10 aromatic heterocycles. The summed E-state index contributed by atoms with van der Waals surface area (Å²) in [4.78, 5) is 47.7. The van der Waals surface area contributed by atoms with Crippen LogP contribution in [-0.4, -0.2) is 175 Å². The zero-order valence-corrected chi connectivity index (χ0v) is 112. The largest absolute Gasteiger partial charge is 3.00 e. The van der Waals surface area contributed by atoms with Gasteiger partial charge in [-0.2, -0.15) is 6.42 Å². The van der Waals surface area contributed by atoms with E-state index >= 15 is 0 Å². The number of rotatable bonds is 29. The van der Waals surface area contributed by atoms with Crippen molar-refractivity contribution in [1.29, 1.82) is 0 Å². The van der Waals surface area contributed by atoms with Crippen LogP contribution in [-0.2, 0) is 128 Å². The van der Waals surface area contributed by atoms with Gasteiger partial charge in [0, 0.05) is 134 Å². The minimum absolute atomic E-state index is 0.